The number of phenolic OH excluding ortho intramolecular Hbond substituents is 2. The van der Waals surface area contributed by atoms with Crippen LogP contribution in [0.25, 0.3) is 0 Å². The number of benzene rings is 2. The summed E-state index contributed by atoms with van der Waals surface area (Å²) in [5.74, 6) is 0.463. The molecule has 0 saturated carbocycles. The standard InChI is InChI=1S/2C15H25O5P.Mg/c2*1-14(2,3)11-7-10(9-20-21(17,18)19)8-12(13(11)16)15(4,5)6;/h2*7-8,16H,9H2,1-6H3,(H2,17,18,19);. The summed E-state index contributed by atoms with van der Waals surface area (Å²) < 4.78 is 30.9. The van der Waals surface area contributed by atoms with Crippen molar-refractivity contribution in [3.63, 3.8) is 0 Å². The summed E-state index contributed by atoms with van der Waals surface area (Å²) in [5.41, 5.74) is 3.04. The Morgan fingerprint density at radius 1 is 0.512 bits per heavy atom. The van der Waals surface area contributed by atoms with Crippen LogP contribution in [0.2, 0.25) is 0 Å². The molecule has 0 atom stereocenters. The molecule has 0 heterocycles. The first-order valence-corrected chi connectivity index (χ1v) is 16.6. The van der Waals surface area contributed by atoms with Gasteiger partial charge in [0.1, 0.15) is 11.5 Å². The Bertz CT molecular complexity index is 1160. The SMILES string of the molecule is CC(C)(C)c1cc(COP(=O)(O)O)cc(C(C)(C)C)c1O.CC(C)(C)c1cc(COP(=O)(O)O)cc(C(C)(C)C)c1O.[Mg]. The molecule has 0 aliphatic carbocycles. The maximum absolute atomic E-state index is 10.9. The Morgan fingerprint density at radius 2 is 0.698 bits per heavy atom. The van der Waals surface area contributed by atoms with Crippen molar-refractivity contribution in [1.29, 1.82) is 0 Å². The molecule has 242 valence electrons. The highest BCUT2D eigenvalue weighted by atomic mass is 31.2. The molecule has 0 unspecified atom stereocenters. The van der Waals surface area contributed by atoms with E-state index in [9.17, 15) is 19.3 Å². The predicted octanol–water partition coefficient (Wildman–Crippen LogP) is 6.81. The molecule has 0 spiro atoms. The van der Waals surface area contributed by atoms with Gasteiger partial charge in [-0.05, 0) is 79.3 Å². The van der Waals surface area contributed by atoms with Gasteiger partial charge in [-0.15, -0.1) is 0 Å². The highest BCUT2D eigenvalue weighted by Gasteiger charge is 2.28. The fourth-order valence-electron chi connectivity index (χ4n) is 4.16. The van der Waals surface area contributed by atoms with Gasteiger partial charge in [0.05, 0.1) is 13.2 Å². The van der Waals surface area contributed by atoms with Crippen LogP contribution in [0.3, 0.4) is 0 Å². The van der Waals surface area contributed by atoms with Crippen molar-refractivity contribution in [3.05, 3.63) is 57.6 Å². The lowest BCUT2D eigenvalue weighted by Gasteiger charge is -2.28. The molecule has 10 nitrogen and oxygen atoms in total. The molecule has 2 aromatic carbocycles. The Hall–Kier alpha value is -0.974. The molecule has 13 heteroatoms. The van der Waals surface area contributed by atoms with Gasteiger partial charge in [0.2, 0.25) is 0 Å². The first kappa shape index (κ1) is 42.0. The summed E-state index contributed by atoms with van der Waals surface area (Å²) in [6.45, 7) is 23.3. The Labute approximate surface area is 272 Å². The first-order valence-electron chi connectivity index (χ1n) is 13.6. The van der Waals surface area contributed by atoms with Gasteiger partial charge in [0, 0.05) is 23.1 Å². The van der Waals surface area contributed by atoms with Crippen LogP contribution >= 0.6 is 15.6 Å². The Kier molecular flexibility index (Phi) is 14.3. The zero-order valence-electron chi connectivity index (χ0n) is 27.6. The van der Waals surface area contributed by atoms with E-state index in [1.54, 1.807) is 24.3 Å². The maximum atomic E-state index is 10.9. The lowest BCUT2D eigenvalue weighted by Crippen LogP contribution is -2.18. The van der Waals surface area contributed by atoms with Crippen LogP contribution in [0.1, 0.15) is 116 Å². The summed E-state index contributed by atoms with van der Waals surface area (Å²) in [6.07, 6.45) is 0. The average molecular weight is 657 g/mol. The molecule has 0 amide bonds. The van der Waals surface area contributed by atoms with Crippen molar-refractivity contribution < 1.29 is 48.0 Å². The molecular weight excluding hydrogens is 607 g/mol. The third-order valence-electron chi connectivity index (χ3n) is 6.37. The van der Waals surface area contributed by atoms with E-state index >= 15 is 0 Å². The smallest absolute Gasteiger partial charge is 0.469 e. The summed E-state index contributed by atoms with van der Waals surface area (Å²) in [5, 5.41) is 21.0. The minimum Gasteiger partial charge on any atom is -0.507 e. The van der Waals surface area contributed by atoms with Gasteiger partial charge in [-0.1, -0.05) is 83.1 Å². The van der Waals surface area contributed by atoms with E-state index in [4.69, 9.17) is 19.6 Å². The van der Waals surface area contributed by atoms with Crippen molar-refractivity contribution in [2.24, 2.45) is 0 Å². The van der Waals surface area contributed by atoms with Gasteiger partial charge in [-0.3, -0.25) is 9.05 Å². The molecule has 0 saturated heterocycles. The molecule has 6 N–H and O–H groups in total. The number of hydrogen-bond acceptors (Lipinski definition) is 6. The van der Waals surface area contributed by atoms with Crippen molar-refractivity contribution in [2.75, 3.05) is 0 Å². The van der Waals surface area contributed by atoms with E-state index < -0.39 is 15.6 Å². The van der Waals surface area contributed by atoms with Gasteiger partial charge in [0.25, 0.3) is 0 Å². The zero-order chi connectivity index (χ0) is 33.3. The zero-order valence-corrected chi connectivity index (χ0v) is 30.8. The third kappa shape index (κ3) is 13.9. The van der Waals surface area contributed by atoms with Crippen LogP contribution in [0, 0.1) is 0 Å². The van der Waals surface area contributed by atoms with E-state index in [1.807, 2.05) is 83.1 Å². The molecule has 0 aromatic heterocycles. The second kappa shape index (κ2) is 14.6. The van der Waals surface area contributed by atoms with Crippen molar-refractivity contribution in [3.8, 4) is 11.5 Å². The van der Waals surface area contributed by atoms with Gasteiger partial charge in [0.15, 0.2) is 0 Å². The Morgan fingerprint density at radius 3 is 0.837 bits per heavy atom. The number of phosphoric acid groups is 2. The van der Waals surface area contributed by atoms with Crippen molar-refractivity contribution in [1.82, 2.24) is 0 Å². The summed E-state index contributed by atoms with van der Waals surface area (Å²) >= 11 is 0. The third-order valence-corrected chi connectivity index (χ3v) is 7.30. The number of phosphoric ester groups is 2. The molecule has 43 heavy (non-hydrogen) atoms. The number of hydrogen-bond donors (Lipinski definition) is 6. The molecule has 2 radical (unpaired) electrons. The fourth-order valence-corrected chi connectivity index (χ4v) is 4.79. The summed E-state index contributed by atoms with van der Waals surface area (Å²) in [7, 11) is -9.03. The predicted molar refractivity (Wildman–Crippen MR) is 170 cm³/mol. The molecule has 0 aliphatic rings. The van der Waals surface area contributed by atoms with Gasteiger partial charge < -0.3 is 29.8 Å². The average Bonchev–Trinajstić information content (AvgIpc) is 2.73. The second-order valence-electron chi connectivity index (χ2n) is 14.6. The van der Waals surface area contributed by atoms with E-state index in [0.29, 0.717) is 11.1 Å². The highest BCUT2D eigenvalue weighted by Crippen LogP contribution is 2.43. The molecule has 2 rings (SSSR count). The normalized spacial score (nSPS) is 13.2. The molecule has 0 aliphatic heterocycles. The van der Waals surface area contributed by atoms with Crippen LogP contribution in [0.5, 0.6) is 11.5 Å². The van der Waals surface area contributed by atoms with Gasteiger partial charge in [-0.2, -0.15) is 0 Å². The lowest BCUT2D eigenvalue weighted by molar-refractivity contribution is 0.187. The maximum Gasteiger partial charge on any atom is 0.469 e. The van der Waals surface area contributed by atoms with Gasteiger partial charge >= 0.3 is 15.6 Å². The first-order chi connectivity index (χ1) is 18.4. The Balaban J connectivity index is 0.000000802. The van der Waals surface area contributed by atoms with Crippen LogP contribution in [-0.4, -0.2) is 52.8 Å². The van der Waals surface area contributed by atoms with Gasteiger partial charge in [-0.25, -0.2) is 9.13 Å². The fraction of sp³-hybridized carbons (Fsp3) is 0.600. The second-order valence-corrected chi connectivity index (χ2v) is 17.1. The molecule has 0 bridgehead atoms. The number of phenols is 2. The van der Waals surface area contributed by atoms with Crippen LogP contribution < -0.4 is 0 Å². The molecular formula is C30H50MgO10P2. The molecule has 0 fully saturated rings. The molecule has 2 aromatic rings. The summed E-state index contributed by atoms with van der Waals surface area (Å²) in [4.78, 5) is 35.3. The lowest BCUT2D eigenvalue weighted by atomic mass is 9.78. The quantitative estimate of drug-likeness (QED) is 0.143. The van der Waals surface area contributed by atoms with E-state index in [-0.39, 0.29) is 69.4 Å². The number of aromatic hydroxyl groups is 2. The van der Waals surface area contributed by atoms with Crippen molar-refractivity contribution >= 4 is 38.7 Å². The number of rotatable bonds is 6. The minimum atomic E-state index is -4.52. The largest absolute Gasteiger partial charge is 0.507 e. The van der Waals surface area contributed by atoms with Crippen LogP contribution in [0.15, 0.2) is 24.3 Å². The van der Waals surface area contributed by atoms with Crippen molar-refractivity contribution in [2.45, 2.75) is 118 Å². The monoisotopic (exact) mass is 656 g/mol. The van der Waals surface area contributed by atoms with E-state index in [2.05, 4.69) is 9.05 Å². The summed E-state index contributed by atoms with van der Waals surface area (Å²) in [6, 6.07) is 6.95. The van der Waals surface area contributed by atoms with Crippen LogP contribution in [-0.2, 0) is 53.1 Å². The topological polar surface area (TPSA) is 174 Å². The van der Waals surface area contributed by atoms with E-state index in [1.165, 1.54) is 0 Å². The van der Waals surface area contributed by atoms with Crippen LogP contribution in [0.4, 0.5) is 0 Å². The highest BCUT2D eigenvalue weighted by molar-refractivity contribution is 7.46. The minimum absolute atomic E-state index is 0. The van der Waals surface area contributed by atoms with E-state index in [0.717, 1.165) is 22.3 Å².